The van der Waals surface area contributed by atoms with Crippen LogP contribution in [0, 0.1) is 5.82 Å². The second-order valence-electron chi connectivity index (χ2n) is 3.94. The number of nitrogens with zero attached hydrogens (tertiary/aromatic N) is 7. The van der Waals surface area contributed by atoms with Crippen LogP contribution < -0.4 is 0 Å². The van der Waals surface area contributed by atoms with Crippen molar-refractivity contribution in [3.63, 3.8) is 0 Å². The molecule has 0 aliphatic rings. The first kappa shape index (κ1) is 12.9. The topological polar surface area (TPSA) is 83.0 Å². The Morgan fingerprint density at radius 2 is 2.24 bits per heavy atom. The molecule has 0 fully saturated rings. The molecule has 0 N–H and O–H groups in total. The Morgan fingerprint density at radius 1 is 1.33 bits per heavy atom. The normalized spacial score (nSPS) is 11.6. The molecule has 0 amide bonds. The monoisotopic (exact) mass is 287 g/mol. The maximum Gasteiger partial charge on any atom is 0.223 e. The largest absolute Gasteiger partial charge is 0.397 e. The molecule has 0 atom stereocenters. The lowest BCUT2D eigenvalue weighted by Crippen LogP contribution is -2.15. The maximum atomic E-state index is 13.2. The first-order valence-electron chi connectivity index (χ1n) is 5.93. The van der Waals surface area contributed by atoms with Crippen molar-refractivity contribution in [2.45, 2.75) is 0 Å². The summed E-state index contributed by atoms with van der Waals surface area (Å²) in [4.78, 5) is 9.91. The van der Waals surface area contributed by atoms with E-state index in [0.717, 1.165) is 0 Å². The van der Waals surface area contributed by atoms with Crippen molar-refractivity contribution in [3.8, 4) is 5.69 Å². The van der Waals surface area contributed by atoms with Crippen LogP contribution >= 0.6 is 0 Å². The summed E-state index contributed by atoms with van der Waals surface area (Å²) in [6, 6.07) is 5.94. The van der Waals surface area contributed by atoms with E-state index in [1.54, 1.807) is 12.1 Å². The highest BCUT2D eigenvalue weighted by molar-refractivity contribution is 5.97. The van der Waals surface area contributed by atoms with Crippen molar-refractivity contribution in [3.05, 3.63) is 54.6 Å². The molecule has 3 rings (SSSR count). The van der Waals surface area contributed by atoms with Crippen molar-refractivity contribution < 1.29 is 9.23 Å². The van der Waals surface area contributed by atoms with Gasteiger partial charge in [-0.25, -0.2) is 9.37 Å². The highest BCUT2D eigenvalue weighted by Crippen LogP contribution is 2.08. The van der Waals surface area contributed by atoms with Crippen molar-refractivity contribution in [2.24, 2.45) is 5.16 Å². The number of aromatic nitrogens is 6. The third-order valence-electron chi connectivity index (χ3n) is 2.57. The molecule has 106 valence electrons. The van der Waals surface area contributed by atoms with Gasteiger partial charge in [0, 0.05) is 6.07 Å². The van der Waals surface area contributed by atoms with Gasteiger partial charge in [-0.05, 0) is 12.1 Å². The summed E-state index contributed by atoms with van der Waals surface area (Å²) in [6.07, 6.45) is 4.30. The molecular weight excluding hydrogens is 277 g/mol. The average Bonchev–Trinajstić information content (AvgIpc) is 3.16. The molecule has 0 radical (unpaired) electrons. The Kier molecular flexibility index (Phi) is 3.37. The zero-order valence-corrected chi connectivity index (χ0v) is 11.0. The molecule has 2 heterocycles. The number of oxime groups is 1. The predicted octanol–water partition coefficient (Wildman–Crippen LogP) is 0.854. The van der Waals surface area contributed by atoms with E-state index in [-0.39, 0.29) is 5.82 Å². The lowest BCUT2D eigenvalue weighted by atomic mass is 10.3. The number of rotatable bonds is 3. The van der Waals surface area contributed by atoms with Gasteiger partial charge >= 0.3 is 0 Å². The van der Waals surface area contributed by atoms with Crippen molar-refractivity contribution in [1.82, 2.24) is 29.8 Å². The number of halogens is 1. The van der Waals surface area contributed by atoms with Crippen LogP contribution in [-0.4, -0.2) is 42.7 Å². The van der Waals surface area contributed by atoms with E-state index in [9.17, 15) is 4.39 Å². The van der Waals surface area contributed by atoms with Gasteiger partial charge in [0.1, 0.15) is 25.6 Å². The molecular formula is C12H10FN7O. The SMILES string of the molecule is CON=C(c1cnn(-c2cccc(F)c2)n1)n1cncn1. The molecule has 0 spiro atoms. The molecule has 9 heteroatoms. The van der Waals surface area contributed by atoms with Gasteiger partial charge in [0.15, 0.2) is 5.69 Å². The number of hydrogen-bond donors (Lipinski definition) is 0. The molecule has 21 heavy (non-hydrogen) atoms. The van der Waals surface area contributed by atoms with Crippen molar-refractivity contribution in [1.29, 1.82) is 0 Å². The molecule has 8 nitrogen and oxygen atoms in total. The quantitative estimate of drug-likeness (QED) is 0.405. The highest BCUT2D eigenvalue weighted by Gasteiger charge is 2.13. The summed E-state index contributed by atoms with van der Waals surface area (Å²) in [5.41, 5.74) is 0.906. The van der Waals surface area contributed by atoms with Crippen LogP contribution in [0.15, 0.2) is 48.3 Å². The van der Waals surface area contributed by atoms with Crippen molar-refractivity contribution in [2.75, 3.05) is 7.11 Å². The van der Waals surface area contributed by atoms with Crippen LogP contribution in [0.1, 0.15) is 5.69 Å². The minimum absolute atomic E-state index is 0.317. The Morgan fingerprint density at radius 3 is 2.95 bits per heavy atom. The summed E-state index contributed by atoms with van der Waals surface area (Å²) in [7, 11) is 1.41. The van der Waals surface area contributed by atoms with Gasteiger partial charge in [-0.2, -0.15) is 19.7 Å². The summed E-state index contributed by atoms with van der Waals surface area (Å²) in [6.45, 7) is 0. The Balaban J connectivity index is 1.99. The molecule has 0 aliphatic heterocycles. The van der Waals surface area contributed by atoms with Gasteiger partial charge in [-0.15, -0.1) is 5.10 Å². The van der Waals surface area contributed by atoms with Gasteiger partial charge in [0.2, 0.25) is 5.84 Å². The third kappa shape index (κ3) is 2.61. The van der Waals surface area contributed by atoms with Gasteiger partial charge in [-0.1, -0.05) is 11.2 Å². The minimum atomic E-state index is -0.367. The molecule has 3 aromatic rings. The molecule has 0 unspecified atom stereocenters. The van der Waals surface area contributed by atoms with Crippen LogP contribution in [-0.2, 0) is 4.84 Å². The van der Waals surface area contributed by atoms with E-state index in [1.165, 1.54) is 47.6 Å². The van der Waals surface area contributed by atoms with Crippen LogP contribution in [0.4, 0.5) is 4.39 Å². The molecule has 2 aromatic heterocycles. The Labute approximate surface area is 118 Å². The van der Waals surface area contributed by atoms with Gasteiger partial charge in [0.05, 0.1) is 11.9 Å². The minimum Gasteiger partial charge on any atom is -0.397 e. The summed E-state index contributed by atoms with van der Waals surface area (Å²) < 4.78 is 14.6. The van der Waals surface area contributed by atoms with Crippen LogP contribution in [0.3, 0.4) is 0 Å². The zero-order valence-electron chi connectivity index (χ0n) is 11.0. The van der Waals surface area contributed by atoms with E-state index in [1.807, 2.05) is 0 Å². The fourth-order valence-corrected chi connectivity index (χ4v) is 1.70. The molecule has 0 bridgehead atoms. The molecule has 0 aliphatic carbocycles. The average molecular weight is 287 g/mol. The maximum absolute atomic E-state index is 13.2. The van der Waals surface area contributed by atoms with E-state index in [0.29, 0.717) is 17.2 Å². The Hall–Kier alpha value is -3.10. The number of benzene rings is 1. The zero-order chi connectivity index (χ0) is 14.7. The van der Waals surface area contributed by atoms with Gasteiger partial charge < -0.3 is 4.84 Å². The summed E-state index contributed by atoms with van der Waals surface area (Å²) in [5.74, 6) is -0.0499. The molecule has 0 saturated heterocycles. The second kappa shape index (κ2) is 5.49. The Bertz CT molecular complexity index is 766. The van der Waals surface area contributed by atoms with Gasteiger partial charge in [0.25, 0.3) is 0 Å². The second-order valence-corrected chi connectivity index (χ2v) is 3.94. The fraction of sp³-hybridized carbons (Fsp3) is 0.0833. The standard InChI is InChI=1S/C12H10FN7O/c1-21-18-12(19-8-14-7-16-19)11-6-15-20(17-11)10-4-2-3-9(13)5-10/h2-8H,1H3. The summed E-state index contributed by atoms with van der Waals surface area (Å²) >= 11 is 0. The van der Waals surface area contributed by atoms with Crippen LogP contribution in [0.25, 0.3) is 5.69 Å². The fourth-order valence-electron chi connectivity index (χ4n) is 1.70. The van der Waals surface area contributed by atoms with Gasteiger partial charge in [-0.3, -0.25) is 0 Å². The highest BCUT2D eigenvalue weighted by atomic mass is 19.1. The van der Waals surface area contributed by atoms with E-state index < -0.39 is 0 Å². The smallest absolute Gasteiger partial charge is 0.223 e. The van der Waals surface area contributed by atoms with E-state index >= 15 is 0 Å². The third-order valence-corrected chi connectivity index (χ3v) is 2.57. The lowest BCUT2D eigenvalue weighted by Gasteiger charge is -2.01. The lowest BCUT2D eigenvalue weighted by molar-refractivity contribution is 0.212. The first-order chi connectivity index (χ1) is 10.3. The van der Waals surface area contributed by atoms with E-state index in [2.05, 4.69) is 25.4 Å². The predicted molar refractivity (Wildman–Crippen MR) is 70.3 cm³/mol. The summed E-state index contributed by atoms with van der Waals surface area (Å²) in [5, 5.41) is 16.1. The molecule has 1 aromatic carbocycles. The number of hydrogen-bond acceptors (Lipinski definition) is 6. The first-order valence-corrected chi connectivity index (χ1v) is 5.93. The molecule has 0 saturated carbocycles. The van der Waals surface area contributed by atoms with Crippen LogP contribution in [0.2, 0.25) is 0 Å². The van der Waals surface area contributed by atoms with Crippen LogP contribution in [0.5, 0.6) is 0 Å². The van der Waals surface area contributed by atoms with Crippen molar-refractivity contribution >= 4 is 5.84 Å². The van der Waals surface area contributed by atoms with E-state index in [4.69, 9.17) is 4.84 Å².